The maximum atomic E-state index is 12.9. The zero-order chi connectivity index (χ0) is 16.4. The Hall–Kier alpha value is -1.72. The molecule has 1 atom stereocenters. The second-order valence-corrected chi connectivity index (χ2v) is 7.89. The quantitative estimate of drug-likeness (QED) is 0.869. The van der Waals surface area contributed by atoms with E-state index in [0.717, 1.165) is 30.2 Å². The van der Waals surface area contributed by atoms with Gasteiger partial charge in [0.2, 0.25) is 10.0 Å². The molecule has 0 unspecified atom stereocenters. The number of fused-ring (bicyclic) bond motifs is 1. The average Bonchev–Trinajstić information content (AvgIpc) is 2.54. The van der Waals surface area contributed by atoms with Crippen molar-refractivity contribution < 1.29 is 8.42 Å². The Bertz CT molecular complexity index is 856. The lowest BCUT2D eigenvalue weighted by molar-refractivity contribution is 0.564. The van der Waals surface area contributed by atoms with Crippen molar-refractivity contribution in [1.29, 1.82) is 0 Å². The molecule has 1 aromatic heterocycles. The average molecular weight is 330 g/mol. The summed E-state index contributed by atoms with van der Waals surface area (Å²) >= 11 is 0. The van der Waals surface area contributed by atoms with E-state index in [2.05, 4.69) is 15.8 Å². The third-order valence-electron chi connectivity index (χ3n) is 4.32. The third-order valence-corrected chi connectivity index (χ3v) is 5.87. The molecular weight excluding hydrogens is 308 g/mol. The first-order valence-corrected chi connectivity index (χ1v) is 9.52. The number of aromatic nitrogens is 1. The van der Waals surface area contributed by atoms with Gasteiger partial charge in [-0.05, 0) is 63.3 Å². The number of hydrogen-bond acceptors (Lipinski definition) is 3. The highest BCUT2D eigenvalue weighted by molar-refractivity contribution is 7.89. The van der Waals surface area contributed by atoms with Crippen LogP contribution >= 0.6 is 0 Å². The summed E-state index contributed by atoms with van der Waals surface area (Å²) in [5, 5.41) is 0.845. The van der Waals surface area contributed by atoms with Gasteiger partial charge in [0, 0.05) is 17.6 Å². The highest BCUT2D eigenvalue weighted by Crippen LogP contribution is 2.25. The van der Waals surface area contributed by atoms with Crippen molar-refractivity contribution in [1.82, 2.24) is 9.71 Å². The Morgan fingerprint density at radius 3 is 2.83 bits per heavy atom. The molecule has 1 aliphatic rings. The molecule has 1 aromatic carbocycles. The molecule has 4 nitrogen and oxygen atoms in total. The van der Waals surface area contributed by atoms with E-state index in [1.54, 1.807) is 12.3 Å². The summed E-state index contributed by atoms with van der Waals surface area (Å²) in [7, 11) is -3.61. The largest absolute Gasteiger partial charge is 0.255 e. The Morgan fingerprint density at radius 1 is 1.26 bits per heavy atom. The van der Waals surface area contributed by atoms with E-state index < -0.39 is 10.0 Å². The monoisotopic (exact) mass is 330 g/mol. The minimum absolute atomic E-state index is 0.181. The second kappa shape index (κ2) is 6.42. The van der Waals surface area contributed by atoms with Crippen LogP contribution in [0.1, 0.15) is 38.2 Å². The van der Waals surface area contributed by atoms with E-state index in [1.165, 1.54) is 12.0 Å². The number of nitrogens with zero attached hydrogens (tertiary/aromatic N) is 1. The van der Waals surface area contributed by atoms with E-state index in [9.17, 15) is 8.42 Å². The summed E-state index contributed by atoms with van der Waals surface area (Å²) in [6.45, 7) is 3.82. The summed E-state index contributed by atoms with van der Waals surface area (Å²) < 4.78 is 28.6. The molecule has 0 bridgehead atoms. The summed E-state index contributed by atoms with van der Waals surface area (Å²) in [4.78, 5) is 4.54. The number of sulfonamides is 1. The SMILES string of the molecule is Cc1cc(S(=O)(=O)N[C@H](C)C2=CCCCC2)c2ncccc2c1. The molecule has 1 aliphatic carbocycles. The Kier molecular flexibility index (Phi) is 4.50. The zero-order valence-corrected chi connectivity index (χ0v) is 14.4. The lowest BCUT2D eigenvalue weighted by atomic mass is 9.95. The first-order valence-electron chi connectivity index (χ1n) is 8.04. The molecule has 0 spiro atoms. The fourth-order valence-electron chi connectivity index (χ4n) is 3.14. The van der Waals surface area contributed by atoms with Crippen LogP contribution in [-0.4, -0.2) is 19.4 Å². The number of hydrogen-bond donors (Lipinski definition) is 1. The predicted molar refractivity (Wildman–Crippen MR) is 92.8 cm³/mol. The van der Waals surface area contributed by atoms with Crippen LogP contribution in [0.25, 0.3) is 10.9 Å². The summed E-state index contributed by atoms with van der Waals surface area (Å²) in [5.74, 6) is 0. The number of benzene rings is 1. The number of allylic oxidation sites excluding steroid dienone is 1. The van der Waals surface area contributed by atoms with E-state index in [0.29, 0.717) is 5.52 Å². The second-order valence-electron chi connectivity index (χ2n) is 6.21. The zero-order valence-electron chi connectivity index (χ0n) is 13.5. The number of aryl methyl sites for hydroxylation is 1. The Labute approximate surface area is 137 Å². The normalized spacial score (nSPS) is 17.0. The Balaban J connectivity index is 1.98. The molecule has 1 N–H and O–H groups in total. The number of rotatable bonds is 4. The first kappa shape index (κ1) is 16.1. The van der Waals surface area contributed by atoms with Crippen molar-refractivity contribution in [3.05, 3.63) is 47.7 Å². The van der Waals surface area contributed by atoms with Crippen LogP contribution in [0.5, 0.6) is 0 Å². The smallest absolute Gasteiger partial charge is 0.243 e. The lowest BCUT2D eigenvalue weighted by Crippen LogP contribution is -2.34. The van der Waals surface area contributed by atoms with Crippen molar-refractivity contribution in [2.75, 3.05) is 0 Å². The van der Waals surface area contributed by atoms with E-state index in [4.69, 9.17) is 0 Å². The molecule has 1 heterocycles. The van der Waals surface area contributed by atoms with Crippen LogP contribution in [-0.2, 0) is 10.0 Å². The molecule has 0 amide bonds. The number of pyridine rings is 1. The minimum Gasteiger partial charge on any atom is -0.255 e. The molecule has 0 fully saturated rings. The molecule has 2 aromatic rings. The summed E-state index contributed by atoms with van der Waals surface area (Å²) in [6, 6.07) is 7.18. The fraction of sp³-hybridized carbons (Fsp3) is 0.389. The number of nitrogens with one attached hydrogen (secondary N) is 1. The van der Waals surface area contributed by atoms with Crippen LogP contribution in [0.3, 0.4) is 0 Å². The molecule has 0 saturated carbocycles. The topological polar surface area (TPSA) is 59.1 Å². The van der Waals surface area contributed by atoms with Crippen LogP contribution in [0.4, 0.5) is 0 Å². The van der Waals surface area contributed by atoms with Crippen molar-refractivity contribution in [2.24, 2.45) is 0 Å². The van der Waals surface area contributed by atoms with Gasteiger partial charge in [0.1, 0.15) is 4.90 Å². The third kappa shape index (κ3) is 3.46. The minimum atomic E-state index is -3.61. The fourth-order valence-corrected chi connectivity index (χ4v) is 4.65. The van der Waals surface area contributed by atoms with Gasteiger partial charge >= 0.3 is 0 Å². The molecule has 0 radical (unpaired) electrons. The van der Waals surface area contributed by atoms with Crippen molar-refractivity contribution in [3.63, 3.8) is 0 Å². The van der Waals surface area contributed by atoms with Crippen LogP contribution in [0.2, 0.25) is 0 Å². The lowest BCUT2D eigenvalue weighted by Gasteiger charge is -2.21. The molecule has 5 heteroatoms. The highest BCUT2D eigenvalue weighted by atomic mass is 32.2. The molecule has 122 valence electrons. The van der Waals surface area contributed by atoms with E-state index in [-0.39, 0.29) is 10.9 Å². The van der Waals surface area contributed by atoms with Gasteiger partial charge in [0.05, 0.1) is 5.52 Å². The van der Waals surface area contributed by atoms with Crippen molar-refractivity contribution >= 4 is 20.9 Å². The van der Waals surface area contributed by atoms with Gasteiger partial charge in [-0.15, -0.1) is 0 Å². The van der Waals surface area contributed by atoms with Crippen LogP contribution in [0, 0.1) is 6.92 Å². The van der Waals surface area contributed by atoms with Crippen molar-refractivity contribution in [2.45, 2.75) is 50.5 Å². The Morgan fingerprint density at radius 2 is 2.09 bits per heavy atom. The maximum Gasteiger partial charge on any atom is 0.243 e. The molecule has 0 saturated heterocycles. The summed E-state index contributed by atoms with van der Waals surface area (Å²) in [5.41, 5.74) is 2.62. The van der Waals surface area contributed by atoms with Crippen molar-refractivity contribution in [3.8, 4) is 0 Å². The van der Waals surface area contributed by atoms with Gasteiger partial charge in [-0.25, -0.2) is 13.1 Å². The first-order chi connectivity index (χ1) is 11.0. The molecular formula is C18H22N2O2S. The maximum absolute atomic E-state index is 12.9. The van der Waals surface area contributed by atoms with Crippen LogP contribution < -0.4 is 4.72 Å². The van der Waals surface area contributed by atoms with E-state index >= 15 is 0 Å². The van der Waals surface area contributed by atoms with Gasteiger partial charge in [0.15, 0.2) is 0 Å². The van der Waals surface area contributed by atoms with Gasteiger partial charge in [-0.2, -0.15) is 0 Å². The highest BCUT2D eigenvalue weighted by Gasteiger charge is 2.23. The predicted octanol–water partition coefficient (Wildman–Crippen LogP) is 3.71. The molecule has 0 aliphatic heterocycles. The van der Waals surface area contributed by atoms with Crippen LogP contribution in [0.15, 0.2) is 47.0 Å². The van der Waals surface area contributed by atoms with Gasteiger partial charge in [-0.1, -0.05) is 17.7 Å². The van der Waals surface area contributed by atoms with Gasteiger partial charge in [-0.3, -0.25) is 4.98 Å². The molecule has 23 heavy (non-hydrogen) atoms. The standard InChI is InChI=1S/C18H22N2O2S/c1-13-11-16-9-6-10-19-18(16)17(12-13)23(21,22)20-14(2)15-7-4-3-5-8-15/h6-7,9-12,14,20H,3-5,8H2,1-2H3/t14-/m1/s1. The van der Waals surface area contributed by atoms with Gasteiger partial charge < -0.3 is 0 Å². The van der Waals surface area contributed by atoms with E-state index in [1.807, 2.05) is 32.0 Å². The van der Waals surface area contributed by atoms with Gasteiger partial charge in [0.25, 0.3) is 0 Å². The molecule has 3 rings (SSSR count). The summed E-state index contributed by atoms with van der Waals surface area (Å²) in [6.07, 6.45) is 8.13.